The van der Waals surface area contributed by atoms with Gasteiger partial charge in [0.05, 0.1) is 6.42 Å². The molecule has 6 heteroatoms. The van der Waals surface area contributed by atoms with E-state index in [1.807, 2.05) is 26.6 Å². The highest BCUT2D eigenvalue weighted by atomic mass is 32.1. The summed E-state index contributed by atoms with van der Waals surface area (Å²) >= 11 is 1.62. The summed E-state index contributed by atoms with van der Waals surface area (Å²) in [6.07, 6.45) is 4.44. The number of hydrogen-bond donors (Lipinski definition) is 1. The number of aliphatic hydroxyl groups excluding tert-OH is 1. The number of thiophene rings is 1. The number of hydrogen-bond acceptors (Lipinski definition) is 4. The fourth-order valence-corrected chi connectivity index (χ4v) is 4.61. The van der Waals surface area contributed by atoms with E-state index >= 15 is 0 Å². The Balaban J connectivity index is 1.57. The molecule has 3 heterocycles. The molecule has 3 rings (SSSR count). The second-order valence-electron chi connectivity index (χ2n) is 6.82. The van der Waals surface area contributed by atoms with Gasteiger partial charge in [0.1, 0.15) is 0 Å². The van der Waals surface area contributed by atoms with Crippen molar-refractivity contribution in [2.75, 3.05) is 26.2 Å². The SMILES string of the molecule is O=C(Cc1ccsc1)N1CC[C@@H]2[C@@H](CCC(=O)N2CCCCO)C1. The highest BCUT2D eigenvalue weighted by Gasteiger charge is 2.39. The predicted octanol–water partition coefficient (Wildman–Crippen LogP) is 1.90. The minimum absolute atomic E-state index is 0.182. The first kappa shape index (κ1) is 17.4. The lowest BCUT2D eigenvalue weighted by atomic mass is 9.83. The topological polar surface area (TPSA) is 60.9 Å². The van der Waals surface area contributed by atoms with Crippen LogP contribution in [0, 0.1) is 5.92 Å². The zero-order valence-corrected chi connectivity index (χ0v) is 14.8. The molecule has 1 aromatic rings. The van der Waals surface area contributed by atoms with Gasteiger partial charge in [-0.05, 0) is 54.0 Å². The molecule has 2 saturated heterocycles. The number of carbonyl (C=O) groups is 2. The molecule has 24 heavy (non-hydrogen) atoms. The average Bonchev–Trinajstić information content (AvgIpc) is 3.09. The molecule has 2 aliphatic heterocycles. The highest BCUT2D eigenvalue weighted by Crippen LogP contribution is 2.31. The number of fused-ring (bicyclic) bond motifs is 1. The molecule has 0 unspecified atom stereocenters. The first-order valence-corrected chi connectivity index (χ1v) is 9.82. The Morgan fingerprint density at radius 1 is 1.33 bits per heavy atom. The summed E-state index contributed by atoms with van der Waals surface area (Å²) in [4.78, 5) is 28.8. The highest BCUT2D eigenvalue weighted by molar-refractivity contribution is 7.08. The quantitative estimate of drug-likeness (QED) is 0.797. The summed E-state index contributed by atoms with van der Waals surface area (Å²) < 4.78 is 0. The van der Waals surface area contributed by atoms with E-state index in [1.165, 1.54) is 0 Å². The molecule has 0 spiro atoms. The van der Waals surface area contributed by atoms with Gasteiger partial charge in [0.2, 0.25) is 11.8 Å². The van der Waals surface area contributed by atoms with Crippen LogP contribution >= 0.6 is 11.3 Å². The molecule has 2 atom stereocenters. The molecule has 0 saturated carbocycles. The van der Waals surface area contributed by atoms with Gasteiger partial charge in [-0.15, -0.1) is 0 Å². The summed E-state index contributed by atoms with van der Waals surface area (Å²) in [5.41, 5.74) is 1.09. The molecule has 1 N–H and O–H groups in total. The van der Waals surface area contributed by atoms with E-state index in [0.29, 0.717) is 18.8 Å². The van der Waals surface area contributed by atoms with Crippen LogP contribution in [-0.2, 0) is 16.0 Å². The summed E-state index contributed by atoms with van der Waals surface area (Å²) in [6.45, 7) is 2.44. The van der Waals surface area contributed by atoms with Crippen molar-refractivity contribution in [2.45, 2.75) is 44.6 Å². The molecule has 132 valence electrons. The molecular formula is C18H26N2O3S. The van der Waals surface area contributed by atoms with Crippen molar-refractivity contribution in [1.82, 2.24) is 9.80 Å². The summed E-state index contributed by atoms with van der Waals surface area (Å²) in [5, 5.41) is 13.0. The van der Waals surface area contributed by atoms with Gasteiger partial charge in [-0.25, -0.2) is 0 Å². The predicted molar refractivity (Wildman–Crippen MR) is 93.8 cm³/mol. The third kappa shape index (κ3) is 3.98. The molecule has 5 nitrogen and oxygen atoms in total. The normalized spacial score (nSPS) is 24.1. The van der Waals surface area contributed by atoms with E-state index in [1.54, 1.807) is 11.3 Å². The molecule has 0 aliphatic carbocycles. The Labute approximate surface area is 147 Å². The van der Waals surface area contributed by atoms with Crippen molar-refractivity contribution in [1.29, 1.82) is 0 Å². The van der Waals surface area contributed by atoms with Gasteiger partial charge in [0.25, 0.3) is 0 Å². The van der Waals surface area contributed by atoms with Crippen molar-refractivity contribution in [2.24, 2.45) is 5.92 Å². The van der Waals surface area contributed by atoms with E-state index < -0.39 is 0 Å². The Hall–Kier alpha value is -1.40. The van der Waals surface area contributed by atoms with Crippen LogP contribution in [0.5, 0.6) is 0 Å². The standard InChI is InChI=1S/C18H26N2O3S/c21-9-2-1-7-20-16-5-8-19(12-15(16)3-4-17(20)22)18(23)11-14-6-10-24-13-14/h6,10,13,15-16,21H,1-5,7-9,11-12H2/t15-,16+/m0/s1. The van der Waals surface area contributed by atoms with Crippen LogP contribution < -0.4 is 0 Å². The van der Waals surface area contributed by atoms with Crippen molar-refractivity contribution < 1.29 is 14.7 Å². The van der Waals surface area contributed by atoms with Gasteiger partial charge in [-0.1, -0.05) is 0 Å². The molecule has 2 amide bonds. The van der Waals surface area contributed by atoms with Crippen molar-refractivity contribution in [3.8, 4) is 0 Å². The van der Waals surface area contributed by atoms with Gasteiger partial charge < -0.3 is 14.9 Å². The second kappa shape index (κ2) is 8.12. The number of carbonyl (C=O) groups excluding carboxylic acids is 2. The van der Waals surface area contributed by atoms with Gasteiger partial charge in [-0.3, -0.25) is 9.59 Å². The second-order valence-corrected chi connectivity index (χ2v) is 7.60. The van der Waals surface area contributed by atoms with Gasteiger partial charge >= 0.3 is 0 Å². The smallest absolute Gasteiger partial charge is 0.227 e. The minimum atomic E-state index is 0.182. The third-order valence-corrected chi connectivity index (χ3v) is 5.97. The van der Waals surface area contributed by atoms with Crippen LogP contribution in [-0.4, -0.2) is 59.0 Å². The molecular weight excluding hydrogens is 324 g/mol. The Morgan fingerprint density at radius 2 is 2.21 bits per heavy atom. The van der Waals surface area contributed by atoms with Crippen LogP contribution in [0.15, 0.2) is 16.8 Å². The molecule has 2 fully saturated rings. The Morgan fingerprint density at radius 3 is 2.96 bits per heavy atom. The number of amides is 2. The number of piperidine rings is 2. The third-order valence-electron chi connectivity index (χ3n) is 5.24. The van der Waals surface area contributed by atoms with Crippen LogP contribution in [0.2, 0.25) is 0 Å². The number of aliphatic hydroxyl groups is 1. The molecule has 2 aliphatic rings. The zero-order chi connectivity index (χ0) is 16.9. The Bertz CT molecular complexity index is 561. The van der Waals surface area contributed by atoms with Gasteiger partial charge in [0, 0.05) is 38.7 Å². The molecule has 0 radical (unpaired) electrons. The summed E-state index contributed by atoms with van der Waals surface area (Å²) in [7, 11) is 0. The lowest BCUT2D eigenvalue weighted by Gasteiger charge is -2.47. The number of rotatable bonds is 6. The van der Waals surface area contributed by atoms with E-state index in [-0.39, 0.29) is 24.5 Å². The molecule has 1 aromatic heterocycles. The van der Waals surface area contributed by atoms with Crippen LogP contribution in [0.4, 0.5) is 0 Å². The number of likely N-dealkylation sites (tertiary alicyclic amines) is 2. The lowest BCUT2D eigenvalue weighted by Crippen LogP contribution is -2.57. The van der Waals surface area contributed by atoms with Gasteiger partial charge in [-0.2, -0.15) is 11.3 Å². The zero-order valence-electron chi connectivity index (χ0n) is 14.0. The lowest BCUT2D eigenvalue weighted by molar-refractivity contribution is -0.144. The number of unbranched alkanes of at least 4 members (excludes halogenated alkanes) is 1. The Kier molecular flexibility index (Phi) is 5.89. The van der Waals surface area contributed by atoms with Crippen molar-refractivity contribution >= 4 is 23.2 Å². The van der Waals surface area contributed by atoms with E-state index in [4.69, 9.17) is 5.11 Å². The fourth-order valence-electron chi connectivity index (χ4n) is 3.94. The number of nitrogens with zero attached hydrogens (tertiary/aromatic N) is 2. The van der Waals surface area contributed by atoms with Crippen LogP contribution in [0.25, 0.3) is 0 Å². The van der Waals surface area contributed by atoms with Crippen LogP contribution in [0.3, 0.4) is 0 Å². The van der Waals surface area contributed by atoms with Crippen molar-refractivity contribution in [3.05, 3.63) is 22.4 Å². The van der Waals surface area contributed by atoms with E-state index in [9.17, 15) is 9.59 Å². The van der Waals surface area contributed by atoms with Crippen molar-refractivity contribution in [3.63, 3.8) is 0 Å². The summed E-state index contributed by atoms with van der Waals surface area (Å²) in [6, 6.07) is 2.28. The largest absolute Gasteiger partial charge is 0.396 e. The fraction of sp³-hybridized carbons (Fsp3) is 0.667. The maximum Gasteiger partial charge on any atom is 0.227 e. The minimum Gasteiger partial charge on any atom is -0.396 e. The van der Waals surface area contributed by atoms with Gasteiger partial charge in [0.15, 0.2) is 0 Å². The molecule has 0 aromatic carbocycles. The average molecular weight is 350 g/mol. The first-order valence-electron chi connectivity index (χ1n) is 8.88. The monoisotopic (exact) mass is 350 g/mol. The summed E-state index contributed by atoms with van der Waals surface area (Å²) in [5.74, 6) is 0.847. The maximum absolute atomic E-state index is 12.5. The van der Waals surface area contributed by atoms with E-state index in [0.717, 1.165) is 50.9 Å². The van der Waals surface area contributed by atoms with E-state index in [2.05, 4.69) is 0 Å². The maximum atomic E-state index is 12.5. The van der Waals surface area contributed by atoms with Crippen LogP contribution in [0.1, 0.15) is 37.7 Å². The first-order chi connectivity index (χ1) is 11.7. The molecule has 0 bridgehead atoms.